The maximum absolute atomic E-state index is 6.13. The summed E-state index contributed by atoms with van der Waals surface area (Å²) in [6, 6.07) is 26.6. The minimum Gasteiger partial charge on any atom is -0.496 e. The summed E-state index contributed by atoms with van der Waals surface area (Å²) in [6.07, 6.45) is 4.01. The van der Waals surface area contributed by atoms with Crippen LogP contribution in [0.15, 0.2) is 72.8 Å². The van der Waals surface area contributed by atoms with E-state index >= 15 is 0 Å². The van der Waals surface area contributed by atoms with Crippen LogP contribution in [0.1, 0.15) is 47.4 Å². The highest BCUT2D eigenvalue weighted by atomic mass is 16.5. The zero-order valence-electron chi connectivity index (χ0n) is 20.7. The number of aryl methyl sites for hydroxylation is 1. The van der Waals surface area contributed by atoms with E-state index in [1.54, 1.807) is 7.11 Å². The molecule has 1 fully saturated rings. The van der Waals surface area contributed by atoms with Crippen LogP contribution in [-0.4, -0.2) is 38.3 Å². The molecule has 0 saturated carbocycles. The highest BCUT2D eigenvalue weighted by Crippen LogP contribution is 2.52. The van der Waals surface area contributed by atoms with Gasteiger partial charge in [0.25, 0.3) is 0 Å². The van der Waals surface area contributed by atoms with E-state index in [-0.39, 0.29) is 5.92 Å². The molecule has 1 aliphatic heterocycles. The second kappa shape index (κ2) is 9.39. The third-order valence-electron chi connectivity index (χ3n) is 7.77. The predicted octanol–water partition coefficient (Wildman–Crippen LogP) is 7.18. The first-order valence-corrected chi connectivity index (χ1v) is 12.9. The third-order valence-corrected chi connectivity index (χ3v) is 7.77. The summed E-state index contributed by atoms with van der Waals surface area (Å²) in [5.74, 6) is 2.09. The van der Waals surface area contributed by atoms with Gasteiger partial charge in [-0.15, -0.1) is 0 Å². The SMILES string of the molecule is COc1cc2c(cc1C)C(c1ccc(OCCN3CCCCC3)cc1)c1c-2ccc2ccccc12. The van der Waals surface area contributed by atoms with Crippen molar-refractivity contribution in [2.75, 3.05) is 33.4 Å². The molecule has 4 aromatic rings. The molecular formula is C32H33NO2. The van der Waals surface area contributed by atoms with Gasteiger partial charge in [0.15, 0.2) is 0 Å². The van der Waals surface area contributed by atoms with Gasteiger partial charge < -0.3 is 9.47 Å². The number of rotatable bonds is 6. The Balaban J connectivity index is 1.34. The van der Waals surface area contributed by atoms with Gasteiger partial charge in [0, 0.05) is 12.5 Å². The maximum Gasteiger partial charge on any atom is 0.122 e. The zero-order valence-corrected chi connectivity index (χ0v) is 20.7. The summed E-state index contributed by atoms with van der Waals surface area (Å²) in [7, 11) is 1.76. The van der Waals surface area contributed by atoms with Crippen molar-refractivity contribution < 1.29 is 9.47 Å². The van der Waals surface area contributed by atoms with Crippen molar-refractivity contribution in [2.24, 2.45) is 0 Å². The molecule has 3 heteroatoms. The van der Waals surface area contributed by atoms with Crippen LogP contribution in [0, 0.1) is 6.92 Å². The van der Waals surface area contributed by atoms with Gasteiger partial charge >= 0.3 is 0 Å². The lowest BCUT2D eigenvalue weighted by Gasteiger charge is -2.26. The Labute approximate surface area is 208 Å². The molecule has 1 unspecified atom stereocenters. The smallest absolute Gasteiger partial charge is 0.122 e. The van der Waals surface area contributed by atoms with Crippen LogP contribution >= 0.6 is 0 Å². The van der Waals surface area contributed by atoms with E-state index in [4.69, 9.17) is 9.47 Å². The van der Waals surface area contributed by atoms with E-state index in [0.29, 0.717) is 0 Å². The van der Waals surface area contributed by atoms with Crippen molar-refractivity contribution in [3.8, 4) is 22.6 Å². The van der Waals surface area contributed by atoms with Crippen molar-refractivity contribution in [3.05, 3.63) is 95.1 Å². The van der Waals surface area contributed by atoms with E-state index in [2.05, 4.69) is 84.6 Å². The summed E-state index contributed by atoms with van der Waals surface area (Å²) in [6.45, 7) is 6.31. The maximum atomic E-state index is 6.13. The van der Waals surface area contributed by atoms with Gasteiger partial charge in [0.2, 0.25) is 0 Å². The molecule has 0 radical (unpaired) electrons. The molecule has 0 spiro atoms. The number of likely N-dealkylation sites (tertiary alicyclic amines) is 1. The number of fused-ring (bicyclic) bond motifs is 5. The molecule has 2 aliphatic rings. The normalized spacial score (nSPS) is 17.3. The van der Waals surface area contributed by atoms with E-state index in [1.807, 2.05) is 0 Å². The zero-order chi connectivity index (χ0) is 23.8. The molecule has 1 atom stereocenters. The van der Waals surface area contributed by atoms with Crippen LogP contribution in [0.4, 0.5) is 0 Å². The van der Waals surface area contributed by atoms with E-state index < -0.39 is 0 Å². The summed E-state index contributed by atoms with van der Waals surface area (Å²) >= 11 is 0. The average Bonchev–Trinajstić information content (AvgIpc) is 3.22. The number of ether oxygens (including phenoxy) is 2. The molecule has 3 nitrogen and oxygen atoms in total. The second-order valence-electron chi connectivity index (χ2n) is 9.91. The van der Waals surface area contributed by atoms with E-state index in [1.165, 1.54) is 76.5 Å². The summed E-state index contributed by atoms with van der Waals surface area (Å²) in [5.41, 5.74) is 7.81. The fourth-order valence-electron chi connectivity index (χ4n) is 5.98. The quantitative estimate of drug-likeness (QED) is 0.266. The number of piperidine rings is 1. The minimum absolute atomic E-state index is 0.193. The van der Waals surface area contributed by atoms with Crippen molar-refractivity contribution in [1.82, 2.24) is 4.90 Å². The monoisotopic (exact) mass is 463 g/mol. The Morgan fingerprint density at radius 2 is 1.66 bits per heavy atom. The predicted molar refractivity (Wildman–Crippen MR) is 144 cm³/mol. The first-order chi connectivity index (χ1) is 17.2. The average molecular weight is 464 g/mol. The lowest BCUT2D eigenvalue weighted by Crippen LogP contribution is -2.33. The lowest BCUT2D eigenvalue weighted by atomic mass is 9.86. The molecule has 6 rings (SSSR count). The Hall–Kier alpha value is -3.30. The van der Waals surface area contributed by atoms with Crippen molar-refractivity contribution in [1.29, 1.82) is 0 Å². The molecule has 0 N–H and O–H groups in total. The highest BCUT2D eigenvalue weighted by molar-refractivity contribution is 5.97. The number of nitrogens with zero attached hydrogens (tertiary/aromatic N) is 1. The highest BCUT2D eigenvalue weighted by Gasteiger charge is 2.32. The van der Waals surface area contributed by atoms with Crippen LogP contribution in [0.2, 0.25) is 0 Å². The summed E-state index contributed by atoms with van der Waals surface area (Å²) in [5, 5.41) is 2.61. The first-order valence-electron chi connectivity index (χ1n) is 12.9. The molecule has 1 saturated heterocycles. The number of benzene rings is 4. The molecule has 4 aromatic carbocycles. The molecule has 35 heavy (non-hydrogen) atoms. The van der Waals surface area contributed by atoms with Crippen LogP contribution in [0.5, 0.6) is 11.5 Å². The Bertz CT molecular complexity index is 1350. The minimum atomic E-state index is 0.193. The lowest BCUT2D eigenvalue weighted by molar-refractivity contribution is 0.183. The summed E-state index contributed by atoms with van der Waals surface area (Å²) in [4.78, 5) is 2.52. The van der Waals surface area contributed by atoms with Gasteiger partial charge in [-0.2, -0.15) is 0 Å². The largest absolute Gasteiger partial charge is 0.496 e. The van der Waals surface area contributed by atoms with Crippen molar-refractivity contribution >= 4 is 10.8 Å². The topological polar surface area (TPSA) is 21.7 Å². The summed E-state index contributed by atoms with van der Waals surface area (Å²) < 4.78 is 11.8. The van der Waals surface area contributed by atoms with Crippen LogP contribution < -0.4 is 9.47 Å². The number of methoxy groups -OCH3 is 1. The van der Waals surface area contributed by atoms with Gasteiger partial charge in [0.05, 0.1) is 7.11 Å². The van der Waals surface area contributed by atoms with Crippen LogP contribution in [-0.2, 0) is 0 Å². The standard InChI is InChI=1S/C32H33NO2/c1-22-20-29-28(21-30(22)34-2)27-15-12-23-8-4-5-9-26(23)32(27)31(29)24-10-13-25(14-11-24)35-19-18-33-16-6-3-7-17-33/h4-5,8-15,20-21,31H,3,6-7,16-19H2,1-2H3. The van der Waals surface area contributed by atoms with E-state index in [0.717, 1.165) is 24.7 Å². The number of hydrogen-bond donors (Lipinski definition) is 0. The van der Waals surface area contributed by atoms with Gasteiger partial charge in [-0.05, 0) is 95.2 Å². The van der Waals surface area contributed by atoms with Crippen LogP contribution in [0.3, 0.4) is 0 Å². The third kappa shape index (κ3) is 4.08. The molecule has 0 amide bonds. The Morgan fingerprint density at radius 3 is 2.46 bits per heavy atom. The van der Waals surface area contributed by atoms with Crippen LogP contribution in [0.25, 0.3) is 21.9 Å². The van der Waals surface area contributed by atoms with Crippen molar-refractivity contribution in [3.63, 3.8) is 0 Å². The molecule has 0 bridgehead atoms. The van der Waals surface area contributed by atoms with Gasteiger partial charge in [-0.25, -0.2) is 0 Å². The van der Waals surface area contributed by atoms with Gasteiger partial charge in [0.1, 0.15) is 18.1 Å². The fourth-order valence-corrected chi connectivity index (χ4v) is 5.98. The second-order valence-corrected chi connectivity index (χ2v) is 9.91. The van der Waals surface area contributed by atoms with E-state index in [9.17, 15) is 0 Å². The Kier molecular flexibility index (Phi) is 5.95. The molecule has 1 aliphatic carbocycles. The molecule has 1 heterocycles. The number of hydrogen-bond acceptors (Lipinski definition) is 3. The molecule has 0 aromatic heterocycles. The molecular weight excluding hydrogens is 430 g/mol. The van der Waals surface area contributed by atoms with Crippen molar-refractivity contribution in [2.45, 2.75) is 32.1 Å². The molecule has 178 valence electrons. The first kappa shape index (κ1) is 22.2. The van der Waals surface area contributed by atoms with Gasteiger partial charge in [-0.1, -0.05) is 61.0 Å². The fraction of sp³-hybridized carbons (Fsp3) is 0.312. The Morgan fingerprint density at radius 1 is 0.857 bits per heavy atom. The van der Waals surface area contributed by atoms with Gasteiger partial charge in [-0.3, -0.25) is 4.90 Å².